The topological polar surface area (TPSA) is 62.2 Å². The van der Waals surface area contributed by atoms with Crippen LogP contribution in [0.3, 0.4) is 0 Å². The quantitative estimate of drug-likeness (QED) is 0.895. The SMILES string of the molecule is O=C(Nc1ccncc1)c1ccc(Br)c(O)c1. The van der Waals surface area contributed by atoms with Gasteiger partial charge in [0.2, 0.25) is 0 Å². The predicted octanol–water partition coefficient (Wildman–Crippen LogP) is 2.80. The van der Waals surface area contributed by atoms with E-state index < -0.39 is 0 Å². The van der Waals surface area contributed by atoms with Crippen LogP contribution in [-0.4, -0.2) is 16.0 Å². The first kappa shape index (κ1) is 11.6. The molecule has 0 unspecified atom stereocenters. The summed E-state index contributed by atoms with van der Waals surface area (Å²) in [5, 5.41) is 12.2. The van der Waals surface area contributed by atoms with Crippen LogP contribution in [0.5, 0.6) is 5.75 Å². The van der Waals surface area contributed by atoms with E-state index in [4.69, 9.17) is 0 Å². The summed E-state index contributed by atoms with van der Waals surface area (Å²) in [7, 11) is 0. The van der Waals surface area contributed by atoms with E-state index in [1.54, 1.807) is 36.7 Å². The van der Waals surface area contributed by atoms with Crippen LogP contribution in [0.25, 0.3) is 0 Å². The number of amides is 1. The van der Waals surface area contributed by atoms with E-state index in [2.05, 4.69) is 26.2 Å². The van der Waals surface area contributed by atoms with Gasteiger partial charge in [0.05, 0.1) is 4.47 Å². The normalized spacial score (nSPS) is 9.94. The van der Waals surface area contributed by atoms with Gasteiger partial charge >= 0.3 is 0 Å². The zero-order chi connectivity index (χ0) is 12.3. The fraction of sp³-hybridized carbons (Fsp3) is 0. The lowest BCUT2D eigenvalue weighted by molar-refractivity contribution is 0.102. The molecule has 1 aromatic heterocycles. The highest BCUT2D eigenvalue weighted by molar-refractivity contribution is 9.10. The van der Waals surface area contributed by atoms with E-state index in [9.17, 15) is 9.90 Å². The van der Waals surface area contributed by atoms with Crippen molar-refractivity contribution in [1.29, 1.82) is 0 Å². The predicted molar refractivity (Wildman–Crippen MR) is 68.0 cm³/mol. The molecule has 0 aliphatic heterocycles. The minimum Gasteiger partial charge on any atom is -0.507 e. The van der Waals surface area contributed by atoms with Gasteiger partial charge in [0.1, 0.15) is 5.75 Å². The number of benzene rings is 1. The summed E-state index contributed by atoms with van der Waals surface area (Å²) in [5.41, 5.74) is 1.05. The Morgan fingerprint density at radius 1 is 1.24 bits per heavy atom. The number of carbonyl (C=O) groups is 1. The zero-order valence-corrected chi connectivity index (χ0v) is 10.3. The minimum atomic E-state index is -0.279. The molecule has 0 radical (unpaired) electrons. The van der Waals surface area contributed by atoms with Crippen molar-refractivity contribution < 1.29 is 9.90 Å². The number of rotatable bonds is 2. The molecule has 17 heavy (non-hydrogen) atoms. The molecule has 0 fully saturated rings. The van der Waals surface area contributed by atoms with Gasteiger partial charge in [-0.3, -0.25) is 9.78 Å². The number of hydrogen-bond acceptors (Lipinski definition) is 3. The van der Waals surface area contributed by atoms with Gasteiger partial charge in [0, 0.05) is 23.6 Å². The highest BCUT2D eigenvalue weighted by Crippen LogP contribution is 2.24. The number of nitrogens with zero attached hydrogens (tertiary/aromatic N) is 1. The summed E-state index contributed by atoms with van der Waals surface area (Å²) in [6.07, 6.45) is 3.18. The molecular formula is C12H9BrN2O2. The standard InChI is InChI=1S/C12H9BrN2O2/c13-10-2-1-8(7-11(10)16)12(17)15-9-3-5-14-6-4-9/h1-7,16H,(H,14,15,17). The third-order valence-corrected chi connectivity index (χ3v) is 2.82. The lowest BCUT2D eigenvalue weighted by Crippen LogP contribution is -2.11. The number of nitrogens with one attached hydrogen (secondary N) is 1. The molecule has 1 aromatic carbocycles. The van der Waals surface area contributed by atoms with Gasteiger partial charge < -0.3 is 10.4 Å². The Morgan fingerprint density at radius 3 is 2.59 bits per heavy atom. The van der Waals surface area contributed by atoms with Crippen LogP contribution in [0.2, 0.25) is 0 Å². The van der Waals surface area contributed by atoms with Crippen molar-refractivity contribution in [2.75, 3.05) is 5.32 Å². The van der Waals surface area contributed by atoms with Crippen molar-refractivity contribution in [3.63, 3.8) is 0 Å². The molecule has 0 spiro atoms. The summed E-state index contributed by atoms with van der Waals surface area (Å²) in [5.74, 6) is -0.244. The average Bonchev–Trinajstić information content (AvgIpc) is 2.34. The van der Waals surface area contributed by atoms with Crippen LogP contribution in [0.15, 0.2) is 47.2 Å². The fourth-order valence-electron chi connectivity index (χ4n) is 1.29. The Hall–Kier alpha value is -1.88. The van der Waals surface area contributed by atoms with Crippen LogP contribution in [-0.2, 0) is 0 Å². The molecule has 2 rings (SSSR count). The molecule has 4 nitrogen and oxygen atoms in total. The third kappa shape index (κ3) is 2.82. The van der Waals surface area contributed by atoms with Crippen molar-refractivity contribution in [2.45, 2.75) is 0 Å². The van der Waals surface area contributed by atoms with Gasteiger partial charge in [-0.25, -0.2) is 0 Å². The molecule has 0 aliphatic rings. The molecule has 5 heteroatoms. The third-order valence-electron chi connectivity index (χ3n) is 2.15. The maximum Gasteiger partial charge on any atom is 0.255 e. The van der Waals surface area contributed by atoms with Crippen LogP contribution >= 0.6 is 15.9 Å². The van der Waals surface area contributed by atoms with Crippen molar-refractivity contribution in [3.8, 4) is 5.75 Å². The van der Waals surface area contributed by atoms with E-state index >= 15 is 0 Å². The number of aromatic hydroxyl groups is 1. The van der Waals surface area contributed by atoms with Gasteiger partial charge in [-0.2, -0.15) is 0 Å². The van der Waals surface area contributed by atoms with Crippen LogP contribution < -0.4 is 5.32 Å². The molecule has 0 saturated heterocycles. The second kappa shape index (κ2) is 4.97. The molecule has 0 saturated carbocycles. The highest BCUT2D eigenvalue weighted by atomic mass is 79.9. The Balaban J connectivity index is 2.18. The van der Waals surface area contributed by atoms with Crippen molar-refractivity contribution in [2.24, 2.45) is 0 Å². The summed E-state index contributed by atoms with van der Waals surface area (Å²) in [6.45, 7) is 0. The lowest BCUT2D eigenvalue weighted by atomic mass is 10.2. The number of halogens is 1. The van der Waals surface area contributed by atoms with Crippen LogP contribution in [0, 0.1) is 0 Å². The van der Waals surface area contributed by atoms with Crippen LogP contribution in [0.4, 0.5) is 5.69 Å². The number of carbonyl (C=O) groups excluding carboxylic acids is 1. The smallest absolute Gasteiger partial charge is 0.255 e. The van der Waals surface area contributed by atoms with E-state index in [0.717, 1.165) is 0 Å². The number of phenolic OH excluding ortho intramolecular Hbond substituents is 1. The first-order chi connectivity index (χ1) is 8.16. The monoisotopic (exact) mass is 292 g/mol. The summed E-state index contributed by atoms with van der Waals surface area (Å²) in [4.78, 5) is 15.7. The second-order valence-electron chi connectivity index (χ2n) is 3.36. The van der Waals surface area contributed by atoms with Gasteiger partial charge in [-0.05, 0) is 46.3 Å². The van der Waals surface area contributed by atoms with Crippen LogP contribution in [0.1, 0.15) is 10.4 Å². The van der Waals surface area contributed by atoms with Crippen molar-refractivity contribution >= 4 is 27.5 Å². The minimum absolute atomic E-state index is 0.0346. The second-order valence-corrected chi connectivity index (χ2v) is 4.21. The summed E-state index contributed by atoms with van der Waals surface area (Å²) in [6, 6.07) is 8.03. The largest absolute Gasteiger partial charge is 0.507 e. The molecule has 0 aliphatic carbocycles. The van der Waals surface area contributed by atoms with E-state index in [1.807, 2.05) is 0 Å². The molecule has 0 atom stereocenters. The van der Waals surface area contributed by atoms with Crippen molar-refractivity contribution in [1.82, 2.24) is 4.98 Å². The fourth-order valence-corrected chi connectivity index (χ4v) is 1.54. The number of pyridine rings is 1. The number of aromatic nitrogens is 1. The summed E-state index contributed by atoms with van der Waals surface area (Å²) < 4.78 is 0.554. The molecule has 86 valence electrons. The molecule has 1 amide bonds. The molecule has 1 heterocycles. The summed E-state index contributed by atoms with van der Waals surface area (Å²) >= 11 is 3.16. The molecule has 2 N–H and O–H groups in total. The van der Waals surface area contributed by atoms with Gasteiger partial charge in [0.25, 0.3) is 5.91 Å². The Kier molecular flexibility index (Phi) is 3.39. The Bertz CT molecular complexity index is 543. The molecular weight excluding hydrogens is 284 g/mol. The van der Waals surface area contributed by atoms with E-state index in [0.29, 0.717) is 15.7 Å². The van der Waals surface area contributed by atoms with E-state index in [1.165, 1.54) is 6.07 Å². The van der Waals surface area contributed by atoms with E-state index in [-0.39, 0.29) is 11.7 Å². The molecule has 0 bridgehead atoms. The zero-order valence-electron chi connectivity index (χ0n) is 8.72. The maximum atomic E-state index is 11.8. The number of anilines is 1. The van der Waals surface area contributed by atoms with Gasteiger partial charge in [-0.15, -0.1) is 0 Å². The molecule has 2 aromatic rings. The first-order valence-electron chi connectivity index (χ1n) is 4.87. The average molecular weight is 293 g/mol. The van der Waals surface area contributed by atoms with Gasteiger partial charge in [0.15, 0.2) is 0 Å². The van der Waals surface area contributed by atoms with Crippen molar-refractivity contribution in [3.05, 3.63) is 52.8 Å². The number of hydrogen-bond donors (Lipinski definition) is 2. The first-order valence-corrected chi connectivity index (χ1v) is 5.66. The Labute approximate surface area is 106 Å². The maximum absolute atomic E-state index is 11.8. The Morgan fingerprint density at radius 2 is 1.94 bits per heavy atom. The van der Waals surface area contributed by atoms with Gasteiger partial charge in [-0.1, -0.05) is 0 Å². The lowest BCUT2D eigenvalue weighted by Gasteiger charge is -2.05. The number of phenols is 1. The highest BCUT2D eigenvalue weighted by Gasteiger charge is 2.08.